The van der Waals surface area contributed by atoms with Gasteiger partial charge in [-0.3, -0.25) is 9.59 Å². The summed E-state index contributed by atoms with van der Waals surface area (Å²) in [6.07, 6.45) is -0.696. The standard InChI is InChI=1S/C31H26O5S2/c32-29(23-7-3-1-4-8-23)25-11-15-27(16-12-25)37-21-19-35-31(34)36-20-22-38-28-17-13-26(14-18-28)30(33)24-9-5-2-6-10-24/h1-18H,19-22H2. The second kappa shape index (κ2) is 14.2. The predicted octanol–water partition coefficient (Wildman–Crippen LogP) is 7.19. The van der Waals surface area contributed by atoms with Crippen molar-refractivity contribution in [3.8, 4) is 0 Å². The summed E-state index contributed by atoms with van der Waals surface area (Å²) < 4.78 is 10.3. The zero-order valence-corrected chi connectivity index (χ0v) is 22.2. The molecule has 0 radical (unpaired) electrons. The first kappa shape index (κ1) is 27.2. The van der Waals surface area contributed by atoms with Crippen molar-refractivity contribution in [2.24, 2.45) is 0 Å². The molecule has 38 heavy (non-hydrogen) atoms. The van der Waals surface area contributed by atoms with Gasteiger partial charge in [0.1, 0.15) is 13.2 Å². The summed E-state index contributed by atoms with van der Waals surface area (Å²) in [7, 11) is 0. The van der Waals surface area contributed by atoms with Crippen LogP contribution in [0.3, 0.4) is 0 Å². The Kier molecular flexibility index (Phi) is 10.2. The van der Waals surface area contributed by atoms with Crippen molar-refractivity contribution in [1.29, 1.82) is 0 Å². The highest BCUT2D eigenvalue weighted by molar-refractivity contribution is 7.99. The fraction of sp³-hybridized carbons (Fsp3) is 0.129. The van der Waals surface area contributed by atoms with Gasteiger partial charge in [0.2, 0.25) is 0 Å². The number of carbonyl (C=O) groups excluding carboxylic acids is 3. The van der Waals surface area contributed by atoms with Crippen molar-refractivity contribution in [3.63, 3.8) is 0 Å². The van der Waals surface area contributed by atoms with Crippen LogP contribution >= 0.6 is 23.5 Å². The zero-order chi connectivity index (χ0) is 26.6. The molecule has 4 aromatic rings. The molecule has 4 rings (SSSR count). The normalized spacial score (nSPS) is 10.5. The van der Waals surface area contributed by atoms with E-state index in [0.29, 0.717) is 33.8 Å². The van der Waals surface area contributed by atoms with Gasteiger partial charge in [0, 0.05) is 43.6 Å². The molecule has 5 nitrogen and oxygen atoms in total. The third-order valence-corrected chi connectivity index (χ3v) is 7.40. The zero-order valence-electron chi connectivity index (χ0n) is 20.6. The molecule has 0 aromatic heterocycles. The van der Waals surface area contributed by atoms with Crippen LogP contribution in [0.2, 0.25) is 0 Å². The number of thioether (sulfide) groups is 2. The van der Waals surface area contributed by atoms with Gasteiger partial charge in [0.05, 0.1) is 0 Å². The van der Waals surface area contributed by atoms with Crippen LogP contribution in [0.5, 0.6) is 0 Å². The molecule has 0 aliphatic carbocycles. The largest absolute Gasteiger partial charge is 0.508 e. The third kappa shape index (κ3) is 8.10. The van der Waals surface area contributed by atoms with Crippen LogP contribution in [0.1, 0.15) is 31.8 Å². The van der Waals surface area contributed by atoms with Gasteiger partial charge in [-0.25, -0.2) is 4.79 Å². The minimum Gasteiger partial charge on any atom is -0.433 e. The molecule has 4 aromatic carbocycles. The second-order valence-electron chi connectivity index (χ2n) is 8.08. The lowest BCUT2D eigenvalue weighted by atomic mass is 10.0. The maximum Gasteiger partial charge on any atom is 0.508 e. The number of hydrogen-bond donors (Lipinski definition) is 0. The van der Waals surface area contributed by atoms with Gasteiger partial charge < -0.3 is 9.47 Å². The van der Waals surface area contributed by atoms with Crippen LogP contribution in [-0.2, 0) is 9.47 Å². The fourth-order valence-electron chi connectivity index (χ4n) is 3.53. The van der Waals surface area contributed by atoms with E-state index in [1.165, 1.54) is 23.5 Å². The van der Waals surface area contributed by atoms with Crippen molar-refractivity contribution in [1.82, 2.24) is 0 Å². The lowest BCUT2D eigenvalue weighted by Gasteiger charge is -2.07. The number of benzene rings is 4. The average molecular weight is 543 g/mol. The highest BCUT2D eigenvalue weighted by Gasteiger charge is 2.10. The van der Waals surface area contributed by atoms with Gasteiger partial charge in [-0.2, -0.15) is 0 Å². The summed E-state index contributed by atoms with van der Waals surface area (Å²) in [6, 6.07) is 33.1. The van der Waals surface area contributed by atoms with Gasteiger partial charge in [-0.1, -0.05) is 60.7 Å². The summed E-state index contributed by atoms with van der Waals surface area (Å²) in [5.41, 5.74) is 2.59. The molecule has 0 heterocycles. The lowest BCUT2D eigenvalue weighted by Crippen LogP contribution is -2.11. The number of carbonyl (C=O) groups is 3. The van der Waals surface area contributed by atoms with E-state index in [2.05, 4.69) is 0 Å². The topological polar surface area (TPSA) is 69.7 Å². The molecule has 0 atom stereocenters. The number of hydrogen-bond acceptors (Lipinski definition) is 7. The molecule has 7 heteroatoms. The highest BCUT2D eigenvalue weighted by Crippen LogP contribution is 2.21. The van der Waals surface area contributed by atoms with E-state index in [1.807, 2.05) is 60.7 Å². The minimum absolute atomic E-state index is 0.0124. The molecule has 0 bridgehead atoms. The monoisotopic (exact) mass is 542 g/mol. The van der Waals surface area contributed by atoms with Crippen LogP contribution in [0, 0.1) is 0 Å². The van der Waals surface area contributed by atoms with Gasteiger partial charge >= 0.3 is 6.16 Å². The minimum atomic E-state index is -0.696. The molecule has 0 saturated heterocycles. The van der Waals surface area contributed by atoms with E-state index in [4.69, 9.17) is 9.47 Å². The van der Waals surface area contributed by atoms with E-state index >= 15 is 0 Å². The maximum atomic E-state index is 12.5. The van der Waals surface area contributed by atoms with Crippen molar-refractivity contribution in [2.75, 3.05) is 24.7 Å². The Labute approximate surface area is 230 Å². The van der Waals surface area contributed by atoms with E-state index in [-0.39, 0.29) is 24.8 Å². The smallest absolute Gasteiger partial charge is 0.433 e. The van der Waals surface area contributed by atoms with E-state index in [9.17, 15) is 14.4 Å². The van der Waals surface area contributed by atoms with Crippen molar-refractivity contribution >= 4 is 41.2 Å². The second-order valence-corrected chi connectivity index (χ2v) is 10.4. The SMILES string of the molecule is O=C(OCCSc1ccc(C(=O)c2ccccc2)cc1)OCCSc1ccc(C(=O)c2ccccc2)cc1. The summed E-state index contributed by atoms with van der Waals surface area (Å²) in [6.45, 7) is 0.441. The highest BCUT2D eigenvalue weighted by atomic mass is 32.2. The Morgan fingerprint density at radius 2 is 0.816 bits per heavy atom. The molecule has 0 saturated carbocycles. The van der Waals surface area contributed by atoms with Gasteiger partial charge in [0.25, 0.3) is 0 Å². The predicted molar refractivity (Wildman–Crippen MR) is 151 cm³/mol. The number of ketones is 2. The Hall–Kier alpha value is -3.81. The molecule has 0 spiro atoms. The summed E-state index contributed by atoms with van der Waals surface area (Å²) in [5.74, 6) is 1.12. The Balaban J connectivity index is 1.09. The Bertz CT molecular complexity index is 1230. The first-order valence-electron chi connectivity index (χ1n) is 12.0. The fourth-order valence-corrected chi connectivity index (χ4v) is 4.99. The van der Waals surface area contributed by atoms with E-state index in [1.54, 1.807) is 48.5 Å². The molecule has 0 aliphatic heterocycles. The third-order valence-electron chi connectivity index (χ3n) is 5.45. The maximum absolute atomic E-state index is 12.5. The molecule has 0 N–H and O–H groups in total. The Morgan fingerprint density at radius 1 is 0.474 bits per heavy atom. The van der Waals surface area contributed by atoms with Gasteiger partial charge in [-0.05, 0) is 48.5 Å². The summed E-state index contributed by atoms with van der Waals surface area (Å²) in [4.78, 5) is 38.8. The number of ether oxygens (including phenoxy) is 2. The first-order valence-corrected chi connectivity index (χ1v) is 14.0. The molecule has 0 fully saturated rings. The van der Waals surface area contributed by atoms with Crippen molar-refractivity contribution in [2.45, 2.75) is 9.79 Å². The molecule has 0 aliphatic rings. The van der Waals surface area contributed by atoms with Crippen molar-refractivity contribution < 1.29 is 23.9 Å². The molecular formula is C31H26O5S2. The molecule has 192 valence electrons. The van der Waals surface area contributed by atoms with Gasteiger partial charge in [0.15, 0.2) is 11.6 Å². The van der Waals surface area contributed by atoms with Crippen molar-refractivity contribution in [3.05, 3.63) is 131 Å². The van der Waals surface area contributed by atoms with Crippen LogP contribution in [0.15, 0.2) is 119 Å². The van der Waals surface area contributed by atoms with E-state index in [0.717, 1.165) is 9.79 Å². The summed E-state index contributed by atoms with van der Waals surface area (Å²) in [5, 5.41) is 0. The van der Waals surface area contributed by atoms with Crippen LogP contribution in [0.4, 0.5) is 4.79 Å². The Morgan fingerprint density at radius 3 is 1.18 bits per heavy atom. The van der Waals surface area contributed by atoms with Crippen LogP contribution < -0.4 is 0 Å². The molecule has 0 amide bonds. The summed E-state index contributed by atoms with van der Waals surface area (Å²) >= 11 is 3.07. The lowest BCUT2D eigenvalue weighted by molar-refractivity contribution is 0.0644. The van der Waals surface area contributed by atoms with Gasteiger partial charge in [-0.15, -0.1) is 23.5 Å². The average Bonchev–Trinajstić information content (AvgIpc) is 2.98. The quantitative estimate of drug-likeness (QED) is 0.0812. The molecule has 0 unspecified atom stereocenters. The van der Waals surface area contributed by atoms with Crippen LogP contribution in [-0.4, -0.2) is 42.4 Å². The van der Waals surface area contributed by atoms with Crippen LogP contribution in [0.25, 0.3) is 0 Å². The van der Waals surface area contributed by atoms with E-state index < -0.39 is 6.16 Å². The molecular weight excluding hydrogens is 516 g/mol. The number of rotatable bonds is 12. The first-order chi connectivity index (χ1) is 18.6.